The van der Waals surface area contributed by atoms with Crippen LogP contribution in [0.2, 0.25) is 0 Å². The van der Waals surface area contributed by atoms with Crippen LogP contribution in [0.25, 0.3) is 0 Å². The number of nitro benzene ring substituents is 1. The number of anilines is 1. The van der Waals surface area contributed by atoms with Crippen LogP contribution in [0.4, 0.5) is 11.4 Å². The third-order valence-corrected chi connectivity index (χ3v) is 4.22. The number of amides is 1. The Hall–Kier alpha value is -3.42. The number of nitrogens with one attached hydrogen (secondary N) is 1. The Bertz CT molecular complexity index is 923. The average Bonchev–Trinajstić information content (AvgIpc) is 2.63. The van der Waals surface area contributed by atoms with Crippen molar-refractivity contribution in [3.63, 3.8) is 0 Å². The molecule has 0 unspecified atom stereocenters. The molecule has 0 atom stereocenters. The lowest BCUT2D eigenvalue weighted by molar-refractivity contribution is -0.384. The van der Waals surface area contributed by atoms with E-state index in [1.807, 2.05) is 13.0 Å². The Morgan fingerprint density at radius 2 is 1.79 bits per heavy atom. The van der Waals surface area contributed by atoms with Gasteiger partial charge < -0.3 is 14.8 Å². The van der Waals surface area contributed by atoms with E-state index in [2.05, 4.69) is 5.32 Å². The van der Waals surface area contributed by atoms with Crippen molar-refractivity contribution in [3.8, 4) is 5.75 Å². The van der Waals surface area contributed by atoms with Gasteiger partial charge in [0.2, 0.25) is 0 Å². The zero-order valence-corrected chi connectivity index (χ0v) is 16.2. The van der Waals surface area contributed by atoms with E-state index in [0.29, 0.717) is 11.3 Å². The van der Waals surface area contributed by atoms with E-state index in [4.69, 9.17) is 9.47 Å². The first-order valence-corrected chi connectivity index (χ1v) is 8.56. The molecule has 0 aromatic heterocycles. The fourth-order valence-electron chi connectivity index (χ4n) is 2.64. The van der Waals surface area contributed by atoms with Crippen LogP contribution in [0.3, 0.4) is 0 Å². The smallest absolute Gasteiger partial charge is 0.310 e. The monoisotopic (exact) mass is 386 g/mol. The predicted octanol–water partition coefficient (Wildman–Crippen LogP) is 3.25. The van der Waals surface area contributed by atoms with Gasteiger partial charge >= 0.3 is 5.97 Å². The van der Waals surface area contributed by atoms with Crippen molar-refractivity contribution in [2.75, 3.05) is 19.0 Å². The van der Waals surface area contributed by atoms with E-state index in [1.165, 1.54) is 19.2 Å². The second kappa shape index (κ2) is 8.98. The highest BCUT2D eigenvalue weighted by Crippen LogP contribution is 2.28. The Labute approximate surface area is 162 Å². The predicted molar refractivity (Wildman–Crippen MR) is 104 cm³/mol. The second-order valence-electron chi connectivity index (χ2n) is 6.41. The topological polar surface area (TPSA) is 108 Å². The Morgan fingerprint density at radius 3 is 2.43 bits per heavy atom. The summed E-state index contributed by atoms with van der Waals surface area (Å²) in [6.45, 7) is 4.87. The van der Waals surface area contributed by atoms with Gasteiger partial charge in [0.05, 0.1) is 18.5 Å². The fraction of sp³-hybridized carbons (Fsp3) is 0.300. The number of ether oxygens (including phenoxy) is 2. The minimum Gasteiger partial charge on any atom is -0.496 e. The van der Waals surface area contributed by atoms with Gasteiger partial charge in [-0.05, 0) is 44.0 Å². The van der Waals surface area contributed by atoms with Gasteiger partial charge in [-0.25, -0.2) is 0 Å². The molecule has 8 heteroatoms. The van der Waals surface area contributed by atoms with Gasteiger partial charge in [-0.15, -0.1) is 0 Å². The lowest BCUT2D eigenvalue weighted by atomic mass is 10.1. The number of nitro groups is 1. The van der Waals surface area contributed by atoms with Crippen molar-refractivity contribution < 1.29 is 24.0 Å². The highest BCUT2D eigenvalue weighted by atomic mass is 16.6. The average molecular weight is 386 g/mol. The molecule has 0 heterocycles. The molecule has 0 spiro atoms. The number of carbonyl (C=O) groups is 2. The standard InChI is InChI=1S/C20H22N2O6/c1-12-5-6-18(27-4)15(7-12)10-20(24)28-11-19(23)21-16-8-13(2)14(3)9-17(16)22(25)26/h5-9H,10-11H2,1-4H3,(H,21,23). The fourth-order valence-corrected chi connectivity index (χ4v) is 2.64. The van der Waals surface area contributed by atoms with Gasteiger partial charge in [0.1, 0.15) is 11.4 Å². The highest BCUT2D eigenvalue weighted by Gasteiger charge is 2.18. The molecule has 2 rings (SSSR count). The summed E-state index contributed by atoms with van der Waals surface area (Å²) in [7, 11) is 1.50. The van der Waals surface area contributed by atoms with Crippen LogP contribution in [0, 0.1) is 30.9 Å². The summed E-state index contributed by atoms with van der Waals surface area (Å²) in [4.78, 5) is 34.7. The van der Waals surface area contributed by atoms with Gasteiger partial charge in [0.15, 0.2) is 6.61 Å². The molecular formula is C20H22N2O6. The number of hydrogen-bond acceptors (Lipinski definition) is 6. The number of esters is 1. The van der Waals surface area contributed by atoms with Crippen molar-refractivity contribution >= 4 is 23.3 Å². The lowest BCUT2D eigenvalue weighted by Crippen LogP contribution is -2.22. The molecule has 0 fully saturated rings. The van der Waals surface area contributed by atoms with Gasteiger partial charge in [0.25, 0.3) is 11.6 Å². The minimum absolute atomic E-state index is 0.0536. The largest absolute Gasteiger partial charge is 0.496 e. The molecule has 0 saturated heterocycles. The molecule has 28 heavy (non-hydrogen) atoms. The number of nitrogens with zero attached hydrogens (tertiary/aromatic N) is 1. The molecule has 0 aliphatic heterocycles. The number of benzene rings is 2. The number of aryl methyl sites for hydroxylation is 3. The zero-order valence-electron chi connectivity index (χ0n) is 16.2. The first-order chi connectivity index (χ1) is 13.2. The summed E-state index contributed by atoms with van der Waals surface area (Å²) in [5.74, 6) is -0.706. The molecule has 0 aliphatic rings. The van der Waals surface area contributed by atoms with Crippen LogP contribution in [-0.2, 0) is 20.7 Å². The van der Waals surface area contributed by atoms with E-state index < -0.39 is 23.4 Å². The van der Waals surface area contributed by atoms with Crippen LogP contribution < -0.4 is 10.1 Å². The van der Waals surface area contributed by atoms with E-state index >= 15 is 0 Å². The normalized spacial score (nSPS) is 10.3. The van der Waals surface area contributed by atoms with E-state index in [-0.39, 0.29) is 17.8 Å². The number of methoxy groups -OCH3 is 1. The molecule has 0 bridgehead atoms. The van der Waals surface area contributed by atoms with Crippen molar-refractivity contribution in [1.82, 2.24) is 0 Å². The van der Waals surface area contributed by atoms with Crippen molar-refractivity contribution in [2.24, 2.45) is 0 Å². The summed E-state index contributed by atoms with van der Waals surface area (Å²) in [5, 5.41) is 13.6. The summed E-state index contributed by atoms with van der Waals surface area (Å²) < 4.78 is 10.2. The van der Waals surface area contributed by atoms with E-state index in [9.17, 15) is 19.7 Å². The van der Waals surface area contributed by atoms with Crippen LogP contribution in [0.1, 0.15) is 22.3 Å². The van der Waals surface area contributed by atoms with Gasteiger partial charge in [-0.1, -0.05) is 17.7 Å². The molecule has 0 aliphatic carbocycles. The second-order valence-corrected chi connectivity index (χ2v) is 6.41. The van der Waals surface area contributed by atoms with Crippen molar-refractivity contribution in [3.05, 3.63) is 62.7 Å². The van der Waals surface area contributed by atoms with Crippen molar-refractivity contribution in [2.45, 2.75) is 27.2 Å². The summed E-state index contributed by atoms with van der Waals surface area (Å²) >= 11 is 0. The van der Waals surface area contributed by atoms with E-state index in [0.717, 1.165) is 16.7 Å². The third kappa shape index (κ3) is 5.29. The maximum atomic E-state index is 12.1. The van der Waals surface area contributed by atoms with Gasteiger partial charge in [-0.2, -0.15) is 0 Å². The minimum atomic E-state index is -0.657. The third-order valence-electron chi connectivity index (χ3n) is 4.22. The van der Waals surface area contributed by atoms with E-state index in [1.54, 1.807) is 26.0 Å². The molecule has 0 saturated carbocycles. The molecule has 8 nitrogen and oxygen atoms in total. The highest BCUT2D eigenvalue weighted by molar-refractivity contribution is 5.95. The molecule has 1 N–H and O–H groups in total. The maximum Gasteiger partial charge on any atom is 0.310 e. The Balaban J connectivity index is 2.00. The van der Waals surface area contributed by atoms with Gasteiger partial charge in [0, 0.05) is 11.6 Å². The van der Waals surface area contributed by atoms with Gasteiger partial charge in [-0.3, -0.25) is 19.7 Å². The maximum absolute atomic E-state index is 12.1. The quantitative estimate of drug-likeness (QED) is 0.445. The summed E-state index contributed by atoms with van der Waals surface area (Å²) in [5.41, 5.74) is 3.00. The first kappa shape index (κ1) is 20.9. The summed E-state index contributed by atoms with van der Waals surface area (Å²) in [6, 6.07) is 8.32. The van der Waals surface area contributed by atoms with Crippen LogP contribution >= 0.6 is 0 Å². The molecule has 2 aromatic rings. The first-order valence-electron chi connectivity index (χ1n) is 8.56. The number of carbonyl (C=O) groups excluding carboxylic acids is 2. The number of hydrogen-bond donors (Lipinski definition) is 1. The number of rotatable bonds is 7. The van der Waals surface area contributed by atoms with Crippen LogP contribution in [0.15, 0.2) is 30.3 Å². The molecule has 148 valence electrons. The Kier molecular flexibility index (Phi) is 6.70. The molecule has 2 aromatic carbocycles. The zero-order chi connectivity index (χ0) is 20.8. The lowest BCUT2D eigenvalue weighted by Gasteiger charge is -2.11. The summed E-state index contributed by atoms with van der Waals surface area (Å²) in [6.07, 6.45) is -0.0536. The van der Waals surface area contributed by atoms with Crippen LogP contribution in [0.5, 0.6) is 5.75 Å². The van der Waals surface area contributed by atoms with Crippen molar-refractivity contribution in [1.29, 1.82) is 0 Å². The van der Waals surface area contributed by atoms with Crippen LogP contribution in [-0.4, -0.2) is 30.5 Å². The SMILES string of the molecule is COc1ccc(C)cc1CC(=O)OCC(=O)Nc1cc(C)c(C)cc1[N+](=O)[O-]. The Morgan fingerprint density at radius 1 is 1.11 bits per heavy atom. The molecular weight excluding hydrogens is 364 g/mol. The molecule has 0 radical (unpaired) electrons. The molecule has 1 amide bonds.